The molecule has 1 saturated heterocycles. The third-order valence-electron chi connectivity index (χ3n) is 5.19. The molecule has 3 aromatic rings. The fraction of sp³-hybridized carbons (Fsp3) is 0.393. The van der Waals surface area contributed by atoms with Gasteiger partial charge in [0.25, 0.3) is 0 Å². The van der Waals surface area contributed by atoms with Crippen molar-refractivity contribution in [2.24, 2.45) is 0 Å². The predicted molar refractivity (Wildman–Crippen MR) is 134 cm³/mol. The predicted octanol–water partition coefficient (Wildman–Crippen LogP) is 6.85. The van der Waals surface area contributed by atoms with Crippen LogP contribution < -0.4 is 9.47 Å². The molecule has 1 aliphatic heterocycles. The Hall–Kier alpha value is -2.85. The number of nitrogens with zero attached hydrogens (tertiary/aromatic N) is 2. The SMILES string of the molecule is CC.COc1cc(C)ccc1CCN1CCCC1.Cc1ccc(Oc2ccccc2)nc1. The molecule has 4 heteroatoms. The summed E-state index contributed by atoms with van der Waals surface area (Å²) in [5, 5.41) is 0. The van der Waals surface area contributed by atoms with Crippen molar-refractivity contribution in [1.29, 1.82) is 0 Å². The highest BCUT2D eigenvalue weighted by Crippen LogP contribution is 2.21. The Labute approximate surface area is 194 Å². The van der Waals surface area contributed by atoms with Gasteiger partial charge >= 0.3 is 0 Å². The van der Waals surface area contributed by atoms with Crippen LogP contribution in [0.15, 0.2) is 66.9 Å². The van der Waals surface area contributed by atoms with Crippen LogP contribution in [0, 0.1) is 13.8 Å². The number of hydrogen-bond acceptors (Lipinski definition) is 4. The molecular formula is C28H38N2O2. The first-order chi connectivity index (χ1) is 15.6. The largest absolute Gasteiger partial charge is 0.496 e. The minimum atomic E-state index is 0.627. The number of likely N-dealkylation sites (tertiary alicyclic amines) is 1. The van der Waals surface area contributed by atoms with E-state index < -0.39 is 0 Å². The summed E-state index contributed by atoms with van der Waals surface area (Å²) < 4.78 is 10.9. The molecule has 0 atom stereocenters. The van der Waals surface area contributed by atoms with Crippen LogP contribution in [0.2, 0.25) is 0 Å². The molecule has 4 rings (SSSR count). The minimum absolute atomic E-state index is 0.627. The zero-order valence-electron chi connectivity index (χ0n) is 20.3. The van der Waals surface area contributed by atoms with E-state index >= 15 is 0 Å². The molecule has 0 spiro atoms. The van der Waals surface area contributed by atoms with Gasteiger partial charge in [0.2, 0.25) is 5.88 Å². The van der Waals surface area contributed by atoms with E-state index in [4.69, 9.17) is 9.47 Å². The van der Waals surface area contributed by atoms with Crippen LogP contribution in [0.4, 0.5) is 0 Å². The Morgan fingerprint density at radius 3 is 2.19 bits per heavy atom. The quantitative estimate of drug-likeness (QED) is 0.425. The van der Waals surface area contributed by atoms with Crippen molar-refractivity contribution in [1.82, 2.24) is 9.88 Å². The maximum Gasteiger partial charge on any atom is 0.219 e. The molecule has 172 valence electrons. The smallest absolute Gasteiger partial charge is 0.219 e. The van der Waals surface area contributed by atoms with Crippen LogP contribution in [0.3, 0.4) is 0 Å². The fourth-order valence-corrected chi connectivity index (χ4v) is 3.47. The zero-order chi connectivity index (χ0) is 23.2. The van der Waals surface area contributed by atoms with Gasteiger partial charge in [-0.15, -0.1) is 0 Å². The topological polar surface area (TPSA) is 34.6 Å². The summed E-state index contributed by atoms with van der Waals surface area (Å²) in [4.78, 5) is 6.69. The number of para-hydroxylation sites is 1. The van der Waals surface area contributed by atoms with E-state index in [0.29, 0.717) is 5.88 Å². The summed E-state index contributed by atoms with van der Waals surface area (Å²) in [6.07, 6.45) is 5.62. The van der Waals surface area contributed by atoms with E-state index in [-0.39, 0.29) is 0 Å². The lowest BCUT2D eigenvalue weighted by Crippen LogP contribution is -2.22. The lowest BCUT2D eigenvalue weighted by Gasteiger charge is -2.16. The lowest BCUT2D eigenvalue weighted by molar-refractivity contribution is 0.339. The summed E-state index contributed by atoms with van der Waals surface area (Å²) >= 11 is 0. The van der Waals surface area contributed by atoms with E-state index in [1.165, 1.54) is 43.6 Å². The Balaban J connectivity index is 0.000000212. The van der Waals surface area contributed by atoms with Gasteiger partial charge in [0.15, 0.2) is 0 Å². The average Bonchev–Trinajstić information content (AvgIpc) is 3.36. The zero-order valence-corrected chi connectivity index (χ0v) is 20.3. The highest BCUT2D eigenvalue weighted by molar-refractivity contribution is 5.37. The number of aromatic nitrogens is 1. The Morgan fingerprint density at radius 1 is 0.875 bits per heavy atom. The first kappa shape index (κ1) is 25.4. The molecule has 1 aliphatic rings. The third kappa shape index (κ3) is 8.72. The molecule has 0 bridgehead atoms. The van der Waals surface area contributed by atoms with Gasteiger partial charge in [-0.05, 0) is 81.1 Å². The fourth-order valence-electron chi connectivity index (χ4n) is 3.47. The highest BCUT2D eigenvalue weighted by atomic mass is 16.5. The van der Waals surface area contributed by atoms with Gasteiger partial charge in [-0.25, -0.2) is 4.98 Å². The van der Waals surface area contributed by atoms with Crippen LogP contribution in [-0.4, -0.2) is 36.6 Å². The highest BCUT2D eigenvalue weighted by Gasteiger charge is 2.12. The Morgan fingerprint density at radius 2 is 1.56 bits per heavy atom. The normalized spacial score (nSPS) is 12.8. The van der Waals surface area contributed by atoms with Crippen molar-refractivity contribution in [2.45, 2.75) is 47.0 Å². The number of hydrogen-bond donors (Lipinski definition) is 0. The molecule has 0 radical (unpaired) electrons. The maximum absolute atomic E-state index is 5.52. The van der Waals surface area contributed by atoms with E-state index in [1.807, 2.05) is 63.2 Å². The van der Waals surface area contributed by atoms with E-state index in [1.54, 1.807) is 13.3 Å². The average molecular weight is 435 g/mol. The van der Waals surface area contributed by atoms with Crippen molar-refractivity contribution in [3.05, 3.63) is 83.6 Å². The molecule has 0 amide bonds. The van der Waals surface area contributed by atoms with Gasteiger partial charge in [-0.3, -0.25) is 0 Å². The second-order valence-corrected chi connectivity index (χ2v) is 7.70. The first-order valence-electron chi connectivity index (χ1n) is 11.7. The monoisotopic (exact) mass is 434 g/mol. The molecule has 2 heterocycles. The van der Waals surface area contributed by atoms with E-state index in [0.717, 1.165) is 23.5 Å². The van der Waals surface area contributed by atoms with Gasteiger partial charge in [0.1, 0.15) is 11.5 Å². The number of ether oxygens (including phenoxy) is 2. The number of pyridine rings is 1. The van der Waals surface area contributed by atoms with Gasteiger partial charge < -0.3 is 14.4 Å². The molecule has 0 aliphatic carbocycles. The van der Waals surface area contributed by atoms with Gasteiger partial charge in [-0.2, -0.15) is 0 Å². The number of methoxy groups -OCH3 is 1. The summed E-state index contributed by atoms with van der Waals surface area (Å²) in [5.41, 5.74) is 3.73. The van der Waals surface area contributed by atoms with Crippen molar-refractivity contribution >= 4 is 0 Å². The van der Waals surface area contributed by atoms with Crippen LogP contribution in [-0.2, 0) is 6.42 Å². The van der Waals surface area contributed by atoms with Crippen molar-refractivity contribution in [3.8, 4) is 17.4 Å². The van der Waals surface area contributed by atoms with Gasteiger partial charge in [0.05, 0.1) is 7.11 Å². The molecule has 2 aromatic carbocycles. The third-order valence-corrected chi connectivity index (χ3v) is 5.19. The Kier molecular flexibility index (Phi) is 11.3. The number of rotatable bonds is 6. The minimum Gasteiger partial charge on any atom is -0.496 e. The summed E-state index contributed by atoms with van der Waals surface area (Å²) in [7, 11) is 1.76. The molecular weight excluding hydrogens is 396 g/mol. The van der Waals surface area contributed by atoms with Crippen LogP contribution in [0.25, 0.3) is 0 Å². The molecule has 1 aromatic heterocycles. The molecule has 0 N–H and O–H groups in total. The van der Waals surface area contributed by atoms with Crippen molar-refractivity contribution < 1.29 is 9.47 Å². The summed E-state index contributed by atoms with van der Waals surface area (Å²) in [6, 6.07) is 20.0. The van der Waals surface area contributed by atoms with Gasteiger partial charge in [0, 0.05) is 18.8 Å². The second kappa shape index (κ2) is 14.3. The Bertz CT molecular complexity index is 889. The molecule has 0 unspecified atom stereocenters. The first-order valence-corrected chi connectivity index (χ1v) is 11.7. The van der Waals surface area contributed by atoms with E-state index in [9.17, 15) is 0 Å². The number of aryl methyl sites for hydroxylation is 2. The van der Waals surface area contributed by atoms with Crippen LogP contribution in [0.5, 0.6) is 17.4 Å². The van der Waals surface area contributed by atoms with Crippen LogP contribution >= 0.6 is 0 Å². The summed E-state index contributed by atoms with van der Waals surface area (Å²) in [6.45, 7) is 11.8. The number of benzene rings is 2. The van der Waals surface area contributed by atoms with Crippen molar-refractivity contribution in [3.63, 3.8) is 0 Å². The van der Waals surface area contributed by atoms with E-state index in [2.05, 4.69) is 35.0 Å². The lowest BCUT2D eigenvalue weighted by atomic mass is 10.1. The molecule has 4 nitrogen and oxygen atoms in total. The van der Waals surface area contributed by atoms with Crippen LogP contribution in [0.1, 0.15) is 43.4 Å². The van der Waals surface area contributed by atoms with Crippen molar-refractivity contribution in [2.75, 3.05) is 26.7 Å². The molecule has 32 heavy (non-hydrogen) atoms. The molecule has 0 saturated carbocycles. The second-order valence-electron chi connectivity index (χ2n) is 7.70. The standard InChI is InChI=1S/C14H21NO.C12H11NO.C2H6/c1-12-5-6-13(14(11-12)16-2)7-10-15-8-3-4-9-15;1-10-7-8-12(13-9-10)14-11-5-3-2-4-6-11;1-2/h5-6,11H,3-4,7-10H2,1-2H3;2-9H,1H3;1-2H3. The molecule has 1 fully saturated rings. The summed E-state index contributed by atoms with van der Waals surface area (Å²) in [5.74, 6) is 2.48. The van der Waals surface area contributed by atoms with Gasteiger partial charge in [-0.1, -0.05) is 50.2 Å². The maximum atomic E-state index is 5.52.